The van der Waals surface area contributed by atoms with Crippen molar-refractivity contribution in [2.24, 2.45) is 0 Å². The smallest absolute Gasteiger partial charge is 0.0810 e. The summed E-state index contributed by atoms with van der Waals surface area (Å²) in [7, 11) is 0. The molecule has 1 heterocycles. The first-order chi connectivity index (χ1) is 12.8. The van der Waals surface area contributed by atoms with Gasteiger partial charge in [-0.1, -0.05) is 111 Å². The molecule has 1 aliphatic rings. The number of nitrogens with one attached hydrogen (secondary N) is 1. The van der Waals surface area contributed by atoms with Crippen molar-refractivity contribution in [1.82, 2.24) is 5.32 Å². The fourth-order valence-electron chi connectivity index (χ4n) is 3.18. The van der Waals surface area contributed by atoms with E-state index in [4.69, 9.17) is 4.74 Å². The number of hydrogen-bond donors (Lipinski definition) is 1. The maximum atomic E-state index is 5.21. The highest BCUT2D eigenvalue weighted by Gasteiger charge is 2.20. The Morgan fingerprint density at radius 1 is 0.577 bits per heavy atom. The summed E-state index contributed by atoms with van der Waals surface area (Å²) in [4.78, 5) is 0. The Morgan fingerprint density at radius 3 is 1.35 bits per heavy atom. The van der Waals surface area contributed by atoms with Gasteiger partial charge >= 0.3 is 0 Å². The Bertz CT molecular complexity index is 234. The van der Waals surface area contributed by atoms with Gasteiger partial charge in [0.15, 0.2) is 0 Å². The van der Waals surface area contributed by atoms with Crippen molar-refractivity contribution < 1.29 is 4.74 Å². The van der Waals surface area contributed by atoms with Crippen LogP contribution in [-0.4, -0.2) is 25.8 Å². The van der Waals surface area contributed by atoms with E-state index >= 15 is 0 Å². The van der Waals surface area contributed by atoms with Crippen molar-refractivity contribution in [2.75, 3.05) is 19.7 Å². The summed E-state index contributed by atoms with van der Waals surface area (Å²) >= 11 is 0. The van der Waals surface area contributed by atoms with Crippen LogP contribution in [0.15, 0.2) is 0 Å². The van der Waals surface area contributed by atoms with Crippen LogP contribution in [0.25, 0.3) is 0 Å². The van der Waals surface area contributed by atoms with Crippen LogP contribution >= 0.6 is 0 Å². The molecule has 0 spiro atoms. The van der Waals surface area contributed by atoms with E-state index in [0.717, 1.165) is 6.61 Å². The fraction of sp³-hybridized carbons (Fsp3) is 1.00. The lowest BCUT2D eigenvalue weighted by atomic mass is 10.0. The zero-order valence-electron chi connectivity index (χ0n) is 18.6. The van der Waals surface area contributed by atoms with Crippen LogP contribution in [0, 0.1) is 0 Å². The van der Waals surface area contributed by atoms with Crippen molar-refractivity contribution in [3.05, 3.63) is 0 Å². The average Bonchev–Trinajstić information content (AvgIpc) is 3.47. The highest BCUT2D eigenvalue weighted by Crippen LogP contribution is 2.18. The summed E-state index contributed by atoms with van der Waals surface area (Å²) in [6.45, 7) is 10.2. The standard InChI is InChI=1S/C16H32O.C8H19N/c1-2-3-4-5-6-7-8-9-10-11-12-13-14-16-15-17-16;1-3-5-7-9-8-6-4-2/h16H,2-15H2,1H3;9H,3-8H2,1-2H3. The Kier molecular flexibility index (Phi) is 22.9. The second-order valence-corrected chi connectivity index (χ2v) is 8.09. The fourth-order valence-corrected chi connectivity index (χ4v) is 3.18. The molecule has 0 saturated carbocycles. The first kappa shape index (κ1) is 25.9. The Balaban J connectivity index is 0.000000590. The van der Waals surface area contributed by atoms with Gasteiger partial charge in [-0.05, 0) is 32.4 Å². The third-order valence-corrected chi connectivity index (χ3v) is 5.20. The van der Waals surface area contributed by atoms with Crippen molar-refractivity contribution in [1.29, 1.82) is 0 Å². The zero-order chi connectivity index (χ0) is 19.1. The molecule has 2 heteroatoms. The van der Waals surface area contributed by atoms with E-state index in [-0.39, 0.29) is 0 Å². The van der Waals surface area contributed by atoms with Crippen LogP contribution in [0.4, 0.5) is 0 Å². The summed E-state index contributed by atoms with van der Waals surface area (Å²) in [5.74, 6) is 0. The molecule has 0 radical (unpaired) electrons. The van der Waals surface area contributed by atoms with Crippen LogP contribution in [0.1, 0.15) is 130 Å². The van der Waals surface area contributed by atoms with E-state index < -0.39 is 0 Å². The molecule has 0 amide bonds. The maximum Gasteiger partial charge on any atom is 0.0810 e. The summed E-state index contributed by atoms with van der Waals surface area (Å²) < 4.78 is 5.21. The van der Waals surface area contributed by atoms with Crippen LogP contribution in [0.5, 0.6) is 0 Å². The predicted octanol–water partition coefficient (Wildman–Crippen LogP) is 7.65. The monoisotopic (exact) mass is 369 g/mol. The number of unbranched alkanes of at least 4 members (excludes halogenated alkanes) is 13. The molecule has 1 unspecified atom stereocenters. The lowest BCUT2D eigenvalue weighted by Crippen LogP contribution is -2.15. The second-order valence-electron chi connectivity index (χ2n) is 8.09. The predicted molar refractivity (Wildman–Crippen MR) is 118 cm³/mol. The highest BCUT2D eigenvalue weighted by molar-refractivity contribution is 4.68. The number of epoxide rings is 1. The van der Waals surface area contributed by atoms with Crippen molar-refractivity contribution in [3.63, 3.8) is 0 Å². The number of rotatable bonds is 19. The molecular formula is C24H51NO. The van der Waals surface area contributed by atoms with Crippen molar-refractivity contribution in [2.45, 2.75) is 136 Å². The molecule has 1 atom stereocenters. The van der Waals surface area contributed by atoms with Gasteiger partial charge in [-0.25, -0.2) is 0 Å². The minimum atomic E-state index is 0.651. The Morgan fingerprint density at radius 2 is 0.962 bits per heavy atom. The van der Waals surface area contributed by atoms with Gasteiger partial charge in [0.2, 0.25) is 0 Å². The number of ether oxygens (including phenoxy) is 1. The van der Waals surface area contributed by atoms with Gasteiger partial charge in [0.1, 0.15) is 0 Å². The van der Waals surface area contributed by atoms with Gasteiger partial charge in [-0.3, -0.25) is 0 Å². The largest absolute Gasteiger partial charge is 0.373 e. The van der Waals surface area contributed by atoms with Gasteiger partial charge in [0.05, 0.1) is 12.7 Å². The van der Waals surface area contributed by atoms with Crippen LogP contribution in [0.3, 0.4) is 0 Å². The Hall–Kier alpha value is -0.0800. The van der Waals surface area contributed by atoms with E-state index in [1.807, 2.05) is 0 Å². The zero-order valence-corrected chi connectivity index (χ0v) is 18.6. The molecule has 1 fully saturated rings. The minimum absolute atomic E-state index is 0.651. The molecule has 1 rings (SSSR count). The van der Waals surface area contributed by atoms with E-state index in [1.165, 1.54) is 122 Å². The van der Waals surface area contributed by atoms with Crippen molar-refractivity contribution in [3.8, 4) is 0 Å². The lowest BCUT2D eigenvalue weighted by Gasteiger charge is -2.02. The second kappa shape index (κ2) is 23.0. The highest BCUT2D eigenvalue weighted by atomic mass is 16.6. The quantitative estimate of drug-likeness (QED) is 0.187. The molecule has 0 aromatic carbocycles. The molecule has 0 aromatic heterocycles. The molecule has 0 aromatic rings. The van der Waals surface area contributed by atoms with E-state index in [9.17, 15) is 0 Å². The lowest BCUT2D eigenvalue weighted by molar-refractivity contribution is 0.387. The molecule has 1 saturated heterocycles. The topological polar surface area (TPSA) is 24.6 Å². The summed E-state index contributed by atoms with van der Waals surface area (Å²) in [6, 6.07) is 0. The van der Waals surface area contributed by atoms with Gasteiger partial charge in [-0.2, -0.15) is 0 Å². The van der Waals surface area contributed by atoms with Crippen LogP contribution in [-0.2, 0) is 4.74 Å². The minimum Gasteiger partial charge on any atom is -0.373 e. The summed E-state index contributed by atoms with van der Waals surface area (Å²) in [5, 5.41) is 3.39. The molecule has 1 N–H and O–H groups in total. The van der Waals surface area contributed by atoms with Crippen LogP contribution < -0.4 is 5.32 Å². The van der Waals surface area contributed by atoms with E-state index in [0.29, 0.717) is 6.10 Å². The SMILES string of the molecule is CCCCCCCCCCCCCCC1CO1.CCCCNCCCC. The molecular weight excluding hydrogens is 318 g/mol. The summed E-state index contributed by atoms with van der Waals surface area (Å²) in [5.41, 5.74) is 0. The first-order valence-electron chi connectivity index (χ1n) is 12.2. The van der Waals surface area contributed by atoms with Gasteiger partial charge in [-0.15, -0.1) is 0 Å². The molecule has 2 nitrogen and oxygen atoms in total. The van der Waals surface area contributed by atoms with Crippen LogP contribution in [0.2, 0.25) is 0 Å². The van der Waals surface area contributed by atoms with E-state index in [1.54, 1.807) is 0 Å². The Labute approximate surface area is 166 Å². The number of hydrogen-bond acceptors (Lipinski definition) is 2. The normalized spacial score (nSPS) is 15.6. The third kappa shape index (κ3) is 23.9. The average molecular weight is 370 g/mol. The van der Waals surface area contributed by atoms with Gasteiger partial charge < -0.3 is 10.1 Å². The third-order valence-electron chi connectivity index (χ3n) is 5.20. The van der Waals surface area contributed by atoms with Crippen molar-refractivity contribution >= 4 is 0 Å². The molecule has 0 bridgehead atoms. The molecule has 0 aliphatic carbocycles. The maximum absolute atomic E-state index is 5.21. The first-order valence-corrected chi connectivity index (χ1v) is 12.2. The van der Waals surface area contributed by atoms with Gasteiger partial charge in [0, 0.05) is 0 Å². The van der Waals surface area contributed by atoms with E-state index in [2.05, 4.69) is 26.1 Å². The molecule has 1 aliphatic heterocycles. The van der Waals surface area contributed by atoms with Gasteiger partial charge in [0.25, 0.3) is 0 Å². The molecule has 158 valence electrons. The summed E-state index contributed by atoms with van der Waals surface area (Å²) in [6.07, 6.45) is 24.6. The molecule has 26 heavy (non-hydrogen) atoms.